The van der Waals surface area contributed by atoms with E-state index in [0.29, 0.717) is 30.5 Å². The number of sulfonamides is 1. The van der Waals surface area contributed by atoms with Crippen LogP contribution in [-0.4, -0.2) is 37.5 Å². The highest BCUT2D eigenvalue weighted by atomic mass is 32.2. The van der Waals surface area contributed by atoms with Gasteiger partial charge in [-0.2, -0.15) is 4.31 Å². The van der Waals surface area contributed by atoms with E-state index >= 15 is 0 Å². The lowest BCUT2D eigenvalue weighted by Gasteiger charge is -2.31. The zero-order chi connectivity index (χ0) is 15.0. The number of hydrogen-bond donors (Lipinski definition) is 1. The molecule has 0 radical (unpaired) electrons. The maximum atomic E-state index is 12.7. The van der Waals surface area contributed by atoms with Gasteiger partial charge in [0.2, 0.25) is 15.9 Å². The van der Waals surface area contributed by atoms with Gasteiger partial charge in [-0.25, -0.2) is 8.42 Å². The Hall–Kier alpha value is -1.73. The Labute approximate surface area is 123 Å². The first kappa shape index (κ1) is 14.2. The summed E-state index contributed by atoms with van der Waals surface area (Å²) in [4.78, 5) is 22.6. The van der Waals surface area contributed by atoms with Crippen LogP contribution in [0.4, 0.5) is 5.69 Å². The van der Waals surface area contributed by atoms with E-state index in [1.54, 1.807) is 6.07 Å². The molecule has 1 N–H and O–H groups in total. The third kappa shape index (κ3) is 2.47. The Kier molecular flexibility index (Phi) is 3.54. The van der Waals surface area contributed by atoms with E-state index in [9.17, 15) is 18.0 Å². The Morgan fingerprint density at radius 3 is 2.86 bits per heavy atom. The van der Waals surface area contributed by atoms with Crippen molar-refractivity contribution in [3.8, 4) is 0 Å². The topological polar surface area (TPSA) is 83.6 Å². The molecule has 1 aromatic carbocycles. The number of carbonyl (C=O) groups excluding carboxylic acids is 2. The molecule has 1 amide bonds. The van der Waals surface area contributed by atoms with Gasteiger partial charge < -0.3 is 10.1 Å². The van der Waals surface area contributed by atoms with Gasteiger partial charge in [0.05, 0.1) is 17.4 Å². The van der Waals surface area contributed by atoms with Gasteiger partial charge in [-0.05, 0) is 36.6 Å². The summed E-state index contributed by atoms with van der Waals surface area (Å²) in [7, 11) is -3.70. The summed E-state index contributed by atoms with van der Waals surface area (Å²) < 4.78 is 26.7. The number of nitrogens with zero attached hydrogens (tertiary/aromatic N) is 1. The number of piperidine rings is 1. The largest absolute Gasteiger partial charge is 0.326 e. The fourth-order valence-electron chi connectivity index (χ4n) is 2.87. The van der Waals surface area contributed by atoms with Crippen LogP contribution in [0.1, 0.15) is 24.8 Å². The van der Waals surface area contributed by atoms with Crippen LogP contribution in [0.5, 0.6) is 0 Å². The van der Waals surface area contributed by atoms with Crippen LogP contribution in [0, 0.1) is 0 Å². The zero-order valence-corrected chi connectivity index (χ0v) is 12.2. The molecule has 2 heterocycles. The van der Waals surface area contributed by atoms with Crippen molar-refractivity contribution in [2.45, 2.75) is 36.6 Å². The maximum Gasteiger partial charge on any atom is 0.243 e. The predicted molar refractivity (Wildman–Crippen MR) is 76.4 cm³/mol. The second kappa shape index (κ2) is 5.23. The van der Waals surface area contributed by atoms with Crippen LogP contribution < -0.4 is 5.32 Å². The van der Waals surface area contributed by atoms with Gasteiger partial charge in [0.25, 0.3) is 0 Å². The van der Waals surface area contributed by atoms with Crippen molar-refractivity contribution in [3.63, 3.8) is 0 Å². The highest BCUT2D eigenvalue weighted by Gasteiger charge is 2.34. The van der Waals surface area contributed by atoms with Crippen molar-refractivity contribution in [1.82, 2.24) is 4.31 Å². The van der Waals surface area contributed by atoms with Crippen molar-refractivity contribution in [3.05, 3.63) is 23.8 Å². The Morgan fingerprint density at radius 2 is 2.10 bits per heavy atom. The number of rotatable bonds is 3. The van der Waals surface area contributed by atoms with Gasteiger partial charge in [-0.1, -0.05) is 6.42 Å². The van der Waals surface area contributed by atoms with Gasteiger partial charge in [0, 0.05) is 12.2 Å². The molecule has 0 spiro atoms. The number of carbonyl (C=O) groups is 2. The monoisotopic (exact) mass is 308 g/mol. The second-order valence-electron chi connectivity index (χ2n) is 5.36. The second-order valence-corrected chi connectivity index (χ2v) is 7.25. The van der Waals surface area contributed by atoms with Crippen LogP contribution >= 0.6 is 0 Å². The molecule has 112 valence electrons. The summed E-state index contributed by atoms with van der Waals surface area (Å²) in [5, 5.41) is 2.67. The van der Waals surface area contributed by atoms with Crippen molar-refractivity contribution in [2.24, 2.45) is 0 Å². The van der Waals surface area contributed by atoms with E-state index in [1.165, 1.54) is 16.4 Å². The van der Waals surface area contributed by atoms with Crippen LogP contribution in [0.2, 0.25) is 0 Å². The molecule has 2 aliphatic rings. The molecule has 1 aromatic rings. The molecule has 0 bridgehead atoms. The molecule has 6 nitrogen and oxygen atoms in total. The molecule has 1 saturated heterocycles. The van der Waals surface area contributed by atoms with E-state index in [2.05, 4.69) is 5.32 Å². The van der Waals surface area contributed by atoms with Crippen molar-refractivity contribution < 1.29 is 18.0 Å². The molecule has 0 aliphatic carbocycles. The minimum absolute atomic E-state index is 0.136. The molecule has 21 heavy (non-hydrogen) atoms. The third-order valence-corrected chi connectivity index (χ3v) is 5.88. The SMILES string of the molecule is O=CC1CCCCN1S(=O)(=O)c1ccc2c(c1)CC(=O)N2. The quantitative estimate of drug-likeness (QED) is 0.842. The van der Waals surface area contributed by atoms with E-state index in [-0.39, 0.29) is 17.2 Å². The summed E-state index contributed by atoms with van der Waals surface area (Å²) in [5.74, 6) is -0.136. The summed E-state index contributed by atoms with van der Waals surface area (Å²) in [6, 6.07) is 4.03. The van der Waals surface area contributed by atoms with Crippen molar-refractivity contribution in [1.29, 1.82) is 0 Å². The Morgan fingerprint density at radius 1 is 1.29 bits per heavy atom. The number of benzene rings is 1. The Bertz CT molecular complexity index is 699. The average Bonchev–Trinajstić information content (AvgIpc) is 2.86. The normalized spacial score (nSPS) is 22.7. The molecule has 0 aromatic heterocycles. The lowest BCUT2D eigenvalue weighted by molar-refractivity contribution is -0.115. The summed E-state index contributed by atoms with van der Waals surface area (Å²) in [6.45, 7) is 0.361. The standard InChI is InChI=1S/C14H16N2O4S/c17-9-11-3-1-2-6-16(11)21(19,20)12-4-5-13-10(7-12)8-14(18)15-13/h4-5,7,9,11H,1-3,6,8H2,(H,15,18). The fraction of sp³-hybridized carbons (Fsp3) is 0.429. The summed E-state index contributed by atoms with van der Waals surface area (Å²) in [6.07, 6.45) is 3.07. The molecule has 0 saturated carbocycles. The summed E-state index contributed by atoms with van der Waals surface area (Å²) in [5.41, 5.74) is 1.34. The van der Waals surface area contributed by atoms with Crippen LogP contribution in [-0.2, 0) is 26.0 Å². The number of aldehydes is 1. The first-order valence-electron chi connectivity index (χ1n) is 6.92. The van der Waals surface area contributed by atoms with Crippen molar-refractivity contribution >= 4 is 27.9 Å². The number of hydrogen-bond acceptors (Lipinski definition) is 4. The lowest BCUT2D eigenvalue weighted by atomic mass is 10.1. The maximum absolute atomic E-state index is 12.7. The molecule has 2 aliphatic heterocycles. The fourth-order valence-corrected chi connectivity index (χ4v) is 4.55. The highest BCUT2D eigenvalue weighted by Crippen LogP contribution is 2.29. The number of anilines is 1. The van der Waals surface area contributed by atoms with Gasteiger partial charge >= 0.3 is 0 Å². The van der Waals surface area contributed by atoms with Crippen LogP contribution in [0.25, 0.3) is 0 Å². The molecule has 1 fully saturated rings. The molecular weight excluding hydrogens is 292 g/mol. The van der Waals surface area contributed by atoms with E-state index in [1.807, 2.05) is 0 Å². The first-order valence-corrected chi connectivity index (χ1v) is 8.36. The minimum Gasteiger partial charge on any atom is -0.326 e. The van der Waals surface area contributed by atoms with Crippen LogP contribution in [0.3, 0.4) is 0 Å². The average molecular weight is 308 g/mol. The lowest BCUT2D eigenvalue weighted by Crippen LogP contribution is -2.44. The number of fused-ring (bicyclic) bond motifs is 1. The molecule has 1 atom stereocenters. The van der Waals surface area contributed by atoms with Crippen molar-refractivity contribution in [2.75, 3.05) is 11.9 Å². The third-order valence-electron chi connectivity index (χ3n) is 3.96. The van der Waals surface area contributed by atoms with Gasteiger partial charge in [0.15, 0.2) is 0 Å². The highest BCUT2D eigenvalue weighted by molar-refractivity contribution is 7.89. The van der Waals surface area contributed by atoms with E-state index in [0.717, 1.165) is 12.8 Å². The molecule has 1 unspecified atom stereocenters. The van der Waals surface area contributed by atoms with Crippen LogP contribution in [0.15, 0.2) is 23.1 Å². The molecule has 7 heteroatoms. The smallest absolute Gasteiger partial charge is 0.243 e. The summed E-state index contributed by atoms with van der Waals surface area (Å²) >= 11 is 0. The first-order chi connectivity index (χ1) is 10.0. The van der Waals surface area contributed by atoms with Gasteiger partial charge in [-0.15, -0.1) is 0 Å². The van der Waals surface area contributed by atoms with Gasteiger partial charge in [0.1, 0.15) is 6.29 Å². The van der Waals surface area contributed by atoms with E-state index < -0.39 is 16.1 Å². The van der Waals surface area contributed by atoms with Gasteiger partial charge in [-0.3, -0.25) is 4.79 Å². The Balaban J connectivity index is 1.97. The number of amides is 1. The zero-order valence-electron chi connectivity index (χ0n) is 11.4. The minimum atomic E-state index is -3.70. The molecular formula is C14H16N2O4S. The van der Waals surface area contributed by atoms with E-state index in [4.69, 9.17) is 0 Å². The number of nitrogens with one attached hydrogen (secondary N) is 1. The molecule has 3 rings (SSSR count). The predicted octanol–water partition coefficient (Wildman–Crippen LogP) is 0.923.